The molecule has 0 fully saturated rings. The van der Waals surface area contributed by atoms with Gasteiger partial charge < -0.3 is 5.11 Å². The van der Waals surface area contributed by atoms with Gasteiger partial charge in [0.2, 0.25) is 0 Å². The number of phenols is 1. The van der Waals surface area contributed by atoms with Gasteiger partial charge in [-0.2, -0.15) is 0 Å². The highest BCUT2D eigenvalue weighted by atomic mass is 35.5. The Bertz CT molecular complexity index is 640. The van der Waals surface area contributed by atoms with Crippen molar-refractivity contribution in [3.63, 3.8) is 0 Å². The van der Waals surface area contributed by atoms with E-state index in [9.17, 15) is 4.79 Å². The quantitative estimate of drug-likeness (QED) is 0.513. The van der Waals surface area contributed by atoms with Crippen molar-refractivity contribution < 1.29 is 9.90 Å². The summed E-state index contributed by atoms with van der Waals surface area (Å²) < 4.78 is 0. The zero-order valence-corrected chi connectivity index (χ0v) is 11.4. The second-order valence-electron chi connectivity index (χ2n) is 4.18. The van der Waals surface area contributed by atoms with Crippen LogP contribution < -0.4 is 0 Å². The molecule has 0 saturated carbocycles. The summed E-state index contributed by atoms with van der Waals surface area (Å²) in [5.74, 6) is -0.0304. The zero-order chi connectivity index (χ0) is 14.4. The number of allylic oxidation sites excluding steroid dienone is 3. The fourth-order valence-corrected chi connectivity index (χ4v) is 1.82. The van der Waals surface area contributed by atoms with E-state index < -0.39 is 0 Å². The fraction of sp³-hybridized carbons (Fsp3) is 0. The first-order valence-corrected chi connectivity index (χ1v) is 6.46. The number of hydrogen-bond acceptors (Lipinski definition) is 2. The number of carbonyl (C=O) groups is 1. The Morgan fingerprint density at radius 2 is 1.60 bits per heavy atom. The molecule has 20 heavy (non-hydrogen) atoms. The van der Waals surface area contributed by atoms with Crippen LogP contribution in [0.4, 0.5) is 0 Å². The normalized spacial score (nSPS) is 11.8. The average molecular weight is 285 g/mol. The molecule has 0 aliphatic heterocycles. The molecule has 0 aromatic heterocycles. The molecule has 0 radical (unpaired) electrons. The molecule has 2 aromatic rings. The molecule has 0 atom stereocenters. The Morgan fingerprint density at radius 1 is 0.950 bits per heavy atom. The monoisotopic (exact) mass is 284 g/mol. The van der Waals surface area contributed by atoms with E-state index in [0.717, 1.165) is 5.56 Å². The Kier molecular flexibility index (Phi) is 4.75. The molecular weight excluding hydrogens is 272 g/mol. The molecule has 3 heteroatoms. The van der Waals surface area contributed by atoms with Gasteiger partial charge in [-0.3, -0.25) is 4.79 Å². The lowest BCUT2D eigenvalue weighted by Gasteiger charge is -1.96. The molecule has 0 aliphatic rings. The first-order valence-electron chi connectivity index (χ1n) is 6.09. The van der Waals surface area contributed by atoms with Gasteiger partial charge in [0.15, 0.2) is 5.78 Å². The van der Waals surface area contributed by atoms with Crippen LogP contribution in [0, 0.1) is 0 Å². The van der Waals surface area contributed by atoms with Gasteiger partial charge in [-0.05, 0) is 48.1 Å². The summed E-state index contributed by atoms with van der Waals surface area (Å²) in [6.07, 6.45) is 4.75. The highest BCUT2D eigenvalue weighted by Gasteiger charge is 2.01. The molecule has 0 spiro atoms. The van der Waals surface area contributed by atoms with Crippen molar-refractivity contribution in [3.8, 4) is 5.75 Å². The fourth-order valence-electron chi connectivity index (χ4n) is 1.63. The van der Waals surface area contributed by atoms with Crippen LogP contribution in [0.1, 0.15) is 15.9 Å². The first-order chi connectivity index (χ1) is 9.65. The highest BCUT2D eigenvalue weighted by molar-refractivity contribution is 6.33. The maximum atomic E-state index is 11.9. The number of benzene rings is 2. The lowest BCUT2D eigenvalue weighted by Crippen LogP contribution is -1.92. The molecule has 0 aliphatic carbocycles. The van der Waals surface area contributed by atoms with Crippen LogP contribution in [0.25, 0.3) is 6.08 Å². The van der Waals surface area contributed by atoms with E-state index in [0.29, 0.717) is 10.6 Å². The molecule has 0 saturated heterocycles. The first kappa shape index (κ1) is 14.1. The minimum Gasteiger partial charge on any atom is -0.508 e. The molecular formula is C17H13ClO2. The van der Waals surface area contributed by atoms with E-state index in [2.05, 4.69) is 0 Å². The largest absolute Gasteiger partial charge is 0.508 e. The number of carbonyl (C=O) groups excluding carboxylic acids is 1. The summed E-state index contributed by atoms with van der Waals surface area (Å²) in [5, 5.41) is 9.64. The minimum atomic E-state index is -0.162. The Balaban J connectivity index is 2.07. The summed E-state index contributed by atoms with van der Waals surface area (Å²) in [4.78, 5) is 11.9. The molecule has 0 heterocycles. The summed E-state index contributed by atoms with van der Waals surface area (Å²) in [7, 11) is 0. The lowest BCUT2D eigenvalue weighted by atomic mass is 10.1. The predicted molar refractivity (Wildman–Crippen MR) is 81.8 cm³/mol. The molecule has 100 valence electrons. The third kappa shape index (κ3) is 4.11. The van der Waals surface area contributed by atoms with E-state index in [1.165, 1.54) is 18.2 Å². The summed E-state index contributed by atoms with van der Waals surface area (Å²) in [5.41, 5.74) is 1.47. The van der Waals surface area contributed by atoms with Gasteiger partial charge in [0.25, 0.3) is 0 Å². The molecule has 2 nitrogen and oxygen atoms in total. The number of hydrogen-bond donors (Lipinski definition) is 1. The van der Waals surface area contributed by atoms with Crippen molar-refractivity contribution in [2.45, 2.75) is 0 Å². The Morgan fingerprint density at radius 3 is 2.25 bits per heavy atom. The second kappa shape index (κ2) is 6.73. The van der Waals surface area contributed by atoms with E-state index >= 15 is 0 Å². The van der Waals surface area contributed by atoms with Gasteiger partial charge in [-0.25, -0.2) is 0 Å². The third-order valence-corrected chi connectivity index (χ3v) is 2.88. The average Bonchev–Trinajstić information content (AvgIpc) is 2.46. The molecule has 2 aromatic carbocycles. The number of aromatic hydroxyl groups is 1. The van der Waals surface area contributed by atoms with Crippen molar-refractivity contribution in [2.24, 2.45) is 0 Å². The van der Waals surface area contributed by atoms with E-state index in [1.54, 1.807) is 24.3 Å². The Hall–Kier alpha value is -2.32. The van der Waals surface area contributed by atoms with Crippen molar-refractivity contribution in [1.82, 2.24) is 0 Å². The van der Waals surface area contributed by atoms with E-state index in [4.69, 9.17) is 16.7 Å². The smallest absolute Gasteiger partial charge is 0.185 e. The molecule has 0 amide bonds. The number of ketones is 1. The van der Waals surface area contributed by atoms with Crippen LogP contribution in [0.15, 0.2) is 71.8 Å². The van der Waals surface area contributed by atoms with E-state index in [1.807, 2.05) is 30.3 Å². The van der Waals surface area contributed by atoms with Crippen LogP contribution in [0.3, 0.4) is 0 Å². The molecule has 0 bridgehead atoms. The number of phenolic OH excluding ortho intramolecular Hbond substituents is 1. The standard InChI is InChI=1S/C17H13ClO2/c18-15(12-13-4-2-1-3-5-13)8-11-17(20)14-6-9-16(19)10-7-14/h1-12,19H/b11-8+,15-12-. The van der Waals surface area contributed by atoms with Gasteiger partial charge in [0.05, 0.1) is 0 Å². The maximum Gasteiger partial charge on any atom is 0.185 e. The predicted octanol–water partition coefficient (Wildman–Crippen LogP) is 4.41. The van der Waals surface area contributed by atoms with Crippen LogP contribution in [-0.2, 0) is 0 Å². The SMILES string of the molecule is O=C(/C=C/C(Cl)=C/c1ccccc1)c1ccc(O)cc1. The Labute approximate surface area is 122 Å². The van der Waals surface area contributed by atoms with Gasteiger partial charge in [-0.1, -0.05) is 41.9 Å². The van der Waals surface area contributed by atoms with Crippen LogP contribution in [-0.4, -0.2) is 10.9 Å². The van der Waals surface area contributed by atoms with Crippen molar-refractivity contribution in [2.75, 3.05) is 0 Å². The maximum absolute atomic E-state index is 11.9. The summed E-state index contributed by atoms with van der Waals surface area (Å²) >= 11 is 6.05. The highest BCUT2D eigenvalue weighted by Crippen LogP contribution is 2.13. The second-order valence-corrected chi connectivity index (χ2v) is 4.62. The molecule has 1 N–H and O–H groups in total. The van der Waals surface area contributed by atoms with Crippen LogP contribution >= 0.6 is 11.6 Å². The van der Waals surface area contributed by atoms with Crippen LogP contribution in [0.5, 0.6) is 5.75 Å². The van der Waals surface area contributed by atoms with Crippen molar-refractivity contribution in [3.05, 3.63) is 82.9 Å². The van der Waals surface area contributed by atoms with Crippen molar-refractivity contribution >= 4 is 23.5 Å². The van der Waals surface area contributed by atoms with Gasteiger partial charge >= 0.3 is 0 Å². The van der Waals surface area contributed by atoms with Gasteiger partial charge in [-0.15, -0.1) is 0 Å². The minimum absolute atomic E-state index is 0.132. The summed E-state index contributed by atoms with van der Waals surface area (Å²) in [6.45, 7) is 0. The molecule has 2 rings (SSSR count). The molecule has 0 unspecified atom stereocenters. The third-order valence-electron chi connectivity index (χ3n) is 2.65. The number of halogens is 1. The van der Waals surface area contributed by atoms with Gasteiger partial charge in [0, 0.05) is 10.6 Å². The van der Waals surface area contributed by atoms with Gasteiger partial charge in [0.1, 0.15) is 5.75 Å². The lowest BCUT2D eigenvalue weighted by molar-refractivity contribution is 0.104. The van der Waals surface area contributed by atoms with E-state index in [-0.39, 0.29) is 11.5 Å². The van der Waals surface area contributed by atoms with Crippen LogP contribution in [0.2, 0.25) is 0 Å². The topological polar surface area (TPSA) is 37.3 Å². The number of rotatable bonds is 4. The zero-order valence-electron chi connectivity index (χ0n) is 10.7. The summed E-state index contributed by atoms with van der Waals surface area (Å²) in [6, 6.07) is 15.7. The van der Waals surface area contributed by atoms with Crippen molar-refractivity contribution in [1.29, 1.82) is 0 Å².